The van der Waals surface area contributed by atoms with Crippen LogP contribution in [-0.2, 0) is 0 Å². The van der Waals surface area contributed by atoms with Gasteiger partial charge in [-0.1, -0.05) is 19.9 Å². The minimum atomic E-state index is -0.536. The monoisotopic (exact) mass is 237 g/mol. The first kappa shape index (κ1) is 13.4. The van der Waals surface area contributed by atoms with E-state index in [0.717, 1.165) is 5.69 Å². The van der Waals surface area contributed by atoms with Gasteiger partial charge in [-0.25, -0.2) is 9.78 Å². The number of hydrogen-bond donors (Lipinski definition) is 3. The molecule has 0 bridgehead atoms. The zero-order valence-electron chi connectivity index (χ0n) is 10.4. The maximum absolute atomic E-state index is 11.5. The van der Waals surface area contributed by atoms with Gasteiger partial charge in [0.15, 0.2) is 0 Å². The Balaban J connectivity index is 2.40. The molecule has 17 heavy (non-hydrogen) atoms. The van der Waals surface area contributed by atoms with E-state index in [2.05, 4.69) is 15.6 Å². The van der Waals surface area contributed by atoms with Crippen LogP contribution in [0.25, 0.3) is 0 Å². The summed E-state index contributed by atoms with van der Waals surface area (Å²) in [7, 11) is 0. The lowest BCUT2D eigenvalue weighted by atomic mass is 10.1. The minimum Gasteiger partial charge on any atom is -0.391 e. The Bertz CT molecular complexity index is 380. The number of urea groups is 1. The average molecular weight is 237 g/mol. The van der Waals surface area contributed by atoms with Gasteiger partial charge < -0.3 is 10.4 Å². The molecule has 1 rings (SSSR count). The minimum absolute atomic E-state index is 0.118. The molecule has 1 atom stereocenters. The molecule has 0 unspecified atom stereocenters. The van der Waals surface area contributed by atoms with Crippen molar-refractivity contribution in [1.29, 1.82) is 0 Å². The molecule has 0 saturated heterocycles. The predicted octanol–water partition coefficient (Wildman–Crippen LogP) is 1.53. The molecule has 0 radical (unpaired) electrons. The Kier molecular flexibility index (Phi) is 4.90. The van der Waals surface area contributed by atoms with E-state index in [1.165, 1.54) is 0 Å². The van der Waals surface area contributed by atoms with Crippen molar-refractivity contribution < 1.29 is 9.90 Å². The zero-order valence-corrected chi connectivity index (χ0v) is 10.4. The van der Waals surface area contributed by atoms with Crippen LogP contribution in [0.2, 0.25) is 0 Å². The molecule has 0 aliphatic rings. The number of aliphatic hydroxyl groups excluding tert-OH is 1. The zero-order chi connectivity index (χ0) is 12.8. The Morgan fingerprint density at radius 3 is 2.76 bits per heavy atom. The van der Waals surface area contributed by atoms with Gasteiger partial charge >= 0.3 is 6.03 Å². The molecule has 94 valence electrons. The molecular formula is C12H19N3O2. The van der Waals surface area contributed by atoms with Gasteiger partial charge in [0.25, 0.3) is 0 Å². The molecule has 1 aromatic rings. The Hall–Kier alpha value is -1.62. The van der Waals surface area contributed by atoms with E-state index in [4.69, 9.17) is 0 Å². The molecule has 0 fully saturated rings. The SMILES string of the molecule is Cc1cccc(NC(=O)NC[C@H](O)C(C)C)n1. The van der Waals surface area contributed by atoms with Gasteiger partial charge in [0.05, 0.1) is 6.10 Å². The number of carbonyl (C=O) groups excluding carboxylic acids is 1. The summed E-state index contributed by atoms with van der Waals surface area (Å²) in [6, 6.07) is 5.03. The maximum Gasteiger partial charge on any atom is 0.320 e. The highest BCUT2D eigenvalue weighted by molar-refractivity contribution is 5.88. The van der Waals surface area contributed by atoms with E-state index in [0.29, 0.717) is 5.82 Å². The van der Waals surface area contributed by atoms with Crippen molar-refractivity contribution in [3.05, 3.63) is 23.9 Å². The number of amides is 2. The van der Waals surface area contributed by atoms with Gasteiger partial charge in [0.2, 0.25) is 0 Å². The molecule has 0 saturated carbocycles. The summed E-state index contributed by atoms with van der Waals surface area (Å²) in [5.41, 5.74) is 0.838. The third kappa shape index (κ3) is 4.82. The van der Waals surface area contributed by atoms with Gasteiger partial charge in [-0.15, -0.1) is 0 Å². The van der Waals surface area contributed by atoms with E-state index < -0.39 is 6.10 Å². The molecule has 3 N–H and O–H groups in total. The lowest BCUT2D eigenvalue weighted by Crippen LogP contribution is -2.37. The fourth-order valence-corrected chi connectivity index (χ4v) is 1.21. The van der Waals surface area contributed by atoms with Crippen molar-refractivity contribution in [2.24, 2.45) is 5.92 Å². The topological polar surface area (TPSA) is 74.2 Å². The fraction of sp³-hybridized carbons (Fsp3) is 0.500. The highest BCUT2D eigenvalue weighted by atomic mass is 16.3. The molecule has 5 nitrogen and oxygen atoms in total. The quantitative estimate of drug-likeness (QED) is 0.743. The van der Waals surface area contributed by atoms with Crippen molar-refractivity contribution >= 4 is 11.8 Å². The molecular weight excluding hydrogens is 218 g/mol. The van der Waals surface area contributed by atoms with Crippen LogP contribution in [0.3, 0.4) is 0 Å². The van der Waals surface area contributed by atoms with E-state index in [1.54, 1.807) is 6.07 Å². The number of rotatable bonds is 4. The van der Waals surface area contributed by atoms with E-state index in [-0.39, 0.29) is 18.5 Å². The fourth-order valence-electron chi connectivity index (χ4n) is 1.21. The highest BCUT2D eigenvalue weighted by Crippen LogP contribution is 2.03. The van der Waals surface area contributed by atoms with Gasteiger partial charge in [-0.05, 0) is 25.0 Å². The maximum atomic E-state index is 11.5. The Morgan fingerprint density at radius 1 is 1.47 bits per heavy atom. The summed E-state index contributed by atoms with van der Waals surface area (Å²) in [5.74, 6) is 0.619. The number of hydrogen-bond acceptors (Lipinski definition) is 3. The normalized spacial score (nSPS) is 12.3. The van der Waals surface area contributed by atoms with Crippen LogP contribution in [0.4, 0.5) is 10.6 Å². The molecule has 0 aliphatic heterocycles. The first-order chi connectivity index (χ1) is 7.99. The molecule has 5 heteroatoms. The summed E-state index contributed by atoms with van der Waals surface area (Å²) in [6.45, 7) is 5.87. The van der Waals surface area contributed by atoms with Crippen LogP contribution in [0.5, 0.6) is 0 Å². The van der Waals surface area contributed by atoms with Gasteiger partial charge in [-0.2, -0.15) is 0 Å². The summed E-state index contributed by atoms with van der Waals surface area (Å²) < 4.78 is 0. The van der Waals surface area contributed by atoms with E-state index >= 15 is 0 Å². The molecule has 0 aliphatic carbocycles. The summed E-state index contributed by atoms with van der Waals surface area (Å²) >= 11 is 0. The van der Waals surface area contributed by atoms with Crippen LogP contribution < -0.4 is 10.6 Å². The molecule has 0 aromatic carbocycles. The van der Waals surface area contributed by atoms with Crippen molar-refractivity contribution in [1.82, 2.24) is 10.3 Å². The number of anilines is 1. The van der Waals surface area contributed by atoms with Gasteiger partial charge in [-0.3, -0.25) is 5.32 Å². The van der Waals surface area contributed by atoms with Crippen LogP contribution in [-0.4, -0.2) is 28.8 Å². The number of aryl methyl sites for hydroxylation is 1. The largest absolute Gasteiger partial charge is 0.391 e. The number of aliphatic hydroxyl groups is 1. The van der Waals surface area contributed by atoms with Crippen molar-refractivity contribution in [2.45, 2.75) is 26.9 Å². The van der Waals surface area contributed by atoms with E-state index in [1.807, 2.05) is 32.9 Å². The Morgan fingerprint density at radius 2 is 2.18 bits per heavy atom. The average Bonchev–Trinajstić information content (AvgIpc) is 2.25. The number of pyridine rings is 1. The van der Waals surface area contributed by atoms with Crippen LogP contribution in [0, 0.1) is 12.8 Å². The smallest absolute Gasteiger partial charge is 0.320 e. The second-order valence-corrected chi connectivity index (χ2v) is 4.31. The summed E-state index contributed by atoms with van der Waals surface area (Å²) in [4.78, 5) is 15.6. The first-order valence-corrected chi connectivity index (χ1v) is 5.65. The van der Waals surface area contributed by atoms with Crippen molar-refractivity contribution in [3.8, 4) is 0 Å². The summed E-state index contributed by atoms with van der Waals surface area (Å²) in [5, 5.41) is 14.7. The number of carbonyl (C=O) groups is 1. The standard InChI is InChI=1S/C12H19N3O2/c1-8(2)10(16)7-13-12(17)15-11-6-4-5-9(3)14-11/h4-6,8,10,16H,7H2,1-3H3,(H2,13,14,15,17)/t10-/m0/s1. The first-order valence-electron chi connectivity index (χ1n) is 5.65. The summed E-state index contributed by atoms with van der Waals surface area (Å²) in [6.07, 6.45) is -0.536. The number of nitrogens with zero attached hydrogens (tertiary/aromatic N) is 1. The highest BCUT2D eigenvalue weighted by Gasteiger charge is 2.10. The van der Waals surface area contributed by atoms with Crippen molar-refractivity contribution in [2.75, 3.05) is 11.9 Å². The predicted molar refractivity (Wildman–Crippen MR) is 66.8 cm³/mol. The van der Waals surface area contributed by atoms with E-state index in [9.17, 15) is 9.90 Å². The second-order valence-electron chi connectivity index (χ2n) is 4.31. The molecule has 1 aromatic heterocycles. The third-order valence-electron chi connectivity index (χ3n) is 2.37. The lowest BCUT2D eigenvalue weighted by molar-refractivity contribution is 0.126. The molecule has 2 amide bonds. The van der Waals surface area contributed by atoms with Crippen LogP contribution in [0.1, 0.15) is 19.5 Å². The lowest BCUT2D eigenvalue weighted by Gasteiger charge is -2.15. The molecule has 0 spiro atoms. The van der Waals surface area contributed by atoms with Gasteiger partial charge in [0.1, 0.15) is 5.82 Å². The number of aromatic nitrogens is 1. The molecule has 1 heterocycles. The van der Waals surface area contributed by atoms with Crippen LogP contribution >= 0.6 is 0 Å². The van der Waals surface area contributed by atoms with Gasteiger partial charge in [0, 0.05) is 12.2 Å². The Labute approximate surface area is 101 Å². The second kappa shape index (κ2) is 6.20. The van der Waals surface area contributed by atoms with Crippen LogP contribution in [0.15, 0.2) is 18.2 Å². The van der Waals surface area contributed by atoms with Crippen molar-refractivity contribution in [3.63, 3.8) is 0 Å². The third-order valence-corrected chi connectivity index (χ3v) is 2.37. The number of nitrogens with one attached hydrogen (secondary N) is 2.